The molecule has 0 fully saturated rings. The number of nitrogens with zero attached hydrogens (tertiary/aromatic N) is 3. The number of benzene rings is 2. The van der Waals surface area contributed by atoms with Crippen LogP contribution in [0.1, 0.15) is 11.1 Å². The summed E-state index contributed by atoms with van der Waals surface area (Å²) in [7, 11) is 0. The third kappa shape index (κ3) is 4.56. The fourth-order valence-corrected chi connectivity index (χ4v) is 3.07. The van der Waals surface area contributed by atoms with Crippen molar-refractivity contribution in [1.82, 2.24) is 20.2 Å². The molecule has 0 aliphatic heterocycles. The normalized spacial score (nSPS) is 10.7. The zero-order valence-electron chi connectivity index (χ0n) is 14.1. The predicted molar refractivity (Wildman–Crippen MR) is 104 cm³/mol. The van der Waals surface area contributed by atoms with Crippen LogP contribution in [-0.2, 0) is 11.3 Å². The summed E-state index contributed by atoms with van der Waals surface area (Å²) in [6.45, 7) is 2.46. The van der Waals surface area contributed by atoms with Crippen molar-refractivity contribution < 1.29 is 4.79 Å². The van der Waals surface area contributed by atoms with E-state index in [0.29, 0.717) is 22.5 Å². The molecular formula is C18H18ClN5OS. The number of hydrogen-bond acceptors (Lipinski definition) is 5. The Bertz CT molecular complexity index is 893. The fourth-order valence-electron chi connectivity index (χ4n) is 2.26. The Labute approximate surface area is 160 Å². The molecule has 3 N–H and O–H groups in total. The molecule has 2 aromatic carbocycles. The van der Waals surface area contributed by atoms with E-state index in [1.807, 2.05) is 43.3 Å². The standard InChI is InChI=1S/C18H18ClN5OS/c1-12-2-6-14(7-3-12)17-22-23-18(24(17)20)26-11-16(25)21-10-13-4-8-15(19)9-5-13/h2-9H,10-11,20H2,1H3,(H,21,25). The Hall–Kier alpha value is -2.51. The quantitative estimate of drug-likeness (QED) is 0.501. The first-order chi connectivity index (χ1) is 12.5. The Morgan fingerprint density at radius 1 is 1.15 bits per heavy atom. The van der Waals surface area contributed by atoms with E-state index in [2.05, 4.69) is 15.5 Å². The van der Waals surface area contributed by atoms with Gasteiger partial charge in [-0.25, -0.2) is 4.68 Å². The number of rotatable bonds is 6. The smallest absolute Gasteiger partial charge is 0.230 e. The molecule has 1 aromatic heterocycles. The fraction of sp³-hybridized carbons (Fsp3) is 0.167. The molecule has 6 nitrogen and oxygen atoms in total. The maximum Gasteiger partial charge on any atom is 0.230 e. The number of aromatic nitrogens is 3. The van der Waals surface area contributed by atoms with Crippen LogP contribution in [0.25, 0.3) is 11.4 Å². The zero-order valence-corrected chi connectivity index (χ0v) is 15.7. The van der Waals surface area contributed by atoms with Gasteiger partial charge in [0.1, 0.15) is 0 Å². The topological polar surface area (TPSA) is 85.8 Å². The second-order valence-electron chi connectivity index (χ2n) is 5.73. The summed E-state index contributed by atoms with van der Waals surface area (Å²) in [5, 5.41) is 12.2. The van der Waals surface area contributed by atoms with Crippen molar-refractivity contribution in [2.75, 3.05) is 11.6 Å². The van der Waals surface area contributed by atoms with Gasteiger partial charge in [-0.1, -0.05) is 65.3 Å². The first-order valence-corrected chi connectivity index (χ1v) is 9.31. The van der Waals surface area contributed by atoms with E-state index in [0.717, 1.165) is 16.7 Å². The Morgan fingerprint density at radius 3 is 2.54 bits per heavy atom. The second-order valence-corrected chi connectivity index (χ2v) is 7.11. The minimum Gasteiger partial charge on any atom is -0.351 e. The van der Waals surface area contributed by atoms with E-state index in [1.165, 1.54) is 16.4 Å². The van der Waals surface area contributed by atoms with Crippen LogP contribution in [0.4, 0.5) is 0 Å². The lowest BCUT2D eigenvalue weighted by atomic mass is 10.1. The third-order valence-electron chi connectivity index (χ3n) is 3.71. The Morgan fingerprint density at radius 2 is 1.85 bits per heavy atom. The molecule has 0 atom stereocenters. The molecule has 134 valence electrons. The summed E-state index contributed by atoms with van der Waals surface area (Å²) in [4.78, 5) is 12.0. The lowest BCUT2D eigenvalue weighted by molar-refractivity contribution is -0.118. The number of nitrogen functional groups attached to an aromatic ring is 1. The number of nitrogens with two attached hydrogens (primary N) is 1. The van der Waals surface area contributed by atoms with Gasteiger partial charge in [0.15, 0.2) is 5.82 Å². The van der Waals surface area contributed by atoms with Crippen LogP contribution in [0.2, 0.25) is 5.02 Å². The molecule has 0 saturated heterocycles. The monoisotopic (exact) mass is 387 g/mol. The Kier molecular flexibility index (Phi) is 5.80. The highest BCUT2D eigenvalue weighted by molar-refractivity contribution is 7.99. The minimum absolute atomic E-state index is 0.107. The van der Waals surface area contributed by atoms with Crippen LogP contribution < -0.4 is 11.2 Å². The highest BCUT2D eigenvalue weighted by Crippen LogP contribution is 2.21. The average molecular weight is 388 g/mol. The largest absolute Gasteiger partial charge is 0.351 e. The van der Waals surface area contributed by atoms with Gasteiger partial charge in [0.2, 0.25) is 11.1 Å². The van der Waals surface area contributed by atoms with E-state index in [-0.39, 0.29) is 11.7 Å². The summed E-state index contributed by atoms with van der Waals surface area (Å²) in [5.41, 5.74) is 3.02. The van der Waals surface area contributed by atoms with Crippen molar-refractivity contribution in [1.29, 1.82) is 0 Å². The predicted octanol–water partition coefficient (Wildman–Crippen LogP) is 3.03. The van der Waals surface area contributed by atoms with E-state index < -0.39 is 0 Å². The molecule has 0 unspecified atom stereocenters. The van der Waals surface area contributed by atoms with Crippen LogP contribution in [0, 0.1) is 6.92 Å². The van der Waals surface area contributed by atoms with Gasteiger partial charge in [0, 0.05) is 17.1 Å². The minimum atomic E-state index is -0.107. The van der Waals surface area contributed by atoms with Crippen LogP contribution in [0.3, 0.4) is 0 Å². The number of hydrogen-bond donors (Lipinski definition) is 2. The van der Waals surface area contributed by atoms with Gasteiger partial charge in [-0.05, 0) is 24.6 Å². The average Bonchev–Trinajstić information content (AvgIpc) is 3.01. The lowest BCUT2D eigenvalue weighted by Gasteiger charge is -2.06. The summed E-state index contributed by atoms with van der Waals surface area (Å²) in [5.74, 6) is 6.73. The molecule has 1 amide bonds. The molecule has 3 aromatic rings. The number of carbonyl (C=O) groups excluding carboxylic acids is 1. The molecule has 0 saturated carbocycles. The zero-order chi connectivity index (χ0) is 18.5. The van der Waals surface area contributed by atoms with E-state index in [9.17, 15) is 4.79 Å². The van der Waals surface area contributed by atoms with Gasteiger partial charge < -0.3 is 11.2 Å². The summed E-state index contributed by atoms with van der Waals surface area (Å²) < 4.78 is 1.40. The highest BCUT2D eigenvalue weighted by Gasteiger charge is 2.13. The van der Waals surface area contributed by atoms with E-state index in [4.69, 9.17) is 17.4 Å². The summed E-state index contributed by atoms with van der Waals surface area (Å²) >= 11 is 7.09. The Balaban J connectivity index is 1.55. The molecule has 0 radical (unpaired) electrons. The molecule has 0 spiro atoms. The number of thioether (sulfide) groups is 1. The lowest BCUT2D eigenvalue weighted by Crippen LogP contribution is -2.25. The molecule has 26 heavy (non-hydrogen) atoms. The second kappa shape index (κ2) is 8.25. The van der Waals surface area contributed by atoms with Gasteiger partial charge in [0.25, 0.3) is 0 Å². The van der Waals surface area contributed by atoms with Crippen LogP contribution in [-0.4, -0.2) is 26.5 Å². The van der Waals surface area contributed by atoms with Crippen LogP contribution in [0.15, 0.2) is 53.7 Å². The number of amides is 1. The number of nitrogens with one attached hydrogen (secondary N) is 1. The molecular weight excluding hydrogens is 370 g/mol. The van der Waals surface area contributed by atoms with E-state index in [1.54, 1.807) is 12.1 Å². The van der Waals surface area contributed by atoms with Crippen LogP contribution >= 0.6 is 23.4 Å². The van der Waals surface area contributed by atoms with Gasteiger partial charge in [-0.3, -0.25) is 4.79 Å². The van der Waals surface area contributed by atoms with Crippen molar-refractivity contribution in [3.63, 3.8) is 0 Å². The molecule has 3 rings (SSSR count). The molecule has 0 aliphatic rings. The van der Waals surface area contributed by atoms with E-state index >= 15 is 0 Å². The molecule has 1 heterocycles. The van der Waals surface area contributed by atoms with Crippen molar-refractivity contribution >= 4 is 29.3 Å². The molecule has 0 aliphatic carbocycles. The number of carbonyl (C=O) groups is 1. The van der Waals surface area contributed by atoms with Crippen LogP contribution in [0.5, 0.6) is 0 Å². The summed E-state index contributed by atoms with van der Waals surface area (Å²) in [6.07, 6.45) is 0. The van der Waals surface area contributed by atoms with Gasteiger partial charge in [0.05, 0.1) is 5.75 Å². The van der Waals surface area contributed by atoms with Gasteiger partial charge in [-0.15, -0.1) is 10.2 Å². The first kappa shape index (κ1) is 18.3. The van der Waals surface area contributed by atoms with Crippen molar-refractivity contribution in [3.05, 3.63) is 64.7 Å². The van der Waals surface area contributed by atoms with Gasteiger partial charge in [-0.2, -0.15) is 0 Å². The first-order valence-electron chi connectivity index (χ1n) is 7.94. The maximum atomic E-state index is 12.0. The molecule has 8 heteroatoms. The SMILES string of the molecule is Cc1ccc(-c2nnc(SCC(=O)NCc3ccc(Cl)cc3)n2N)cc1. The molecule has 0 bridgehead atoms. The highest BCUT2D eigenvalue weighted by atomic mass is 35.5. The van der Waals surface area contributed by atoms with Crippen molar-refractivity contribution in [3.8, 4) is 11.4 Å². The third-order valence-corrected chi connectivity index (χ3v) is 4.90. The van der Waals surface area contributed by atoms with Crippen molar-refractivity contribution in [2.24, 2.45) is 0 Å². The van der Waals surface area contributed by atoms with Gasteiger partial charge >= 0.3 is 0 Å². The summed E-state index contributed by atoms with van der Waals surface area (Å²) in [6, 6.07) is 15.2. The number of halogens is 1. The van der Waals surface area contributed by atoms with Crippen molar-refractivity contribution in [2.45, 2.75) is 18.6 Å². The number of aryl methyl sites for hydroxylation is 1. The maximum absolute atomic E-state index is 12.0.